The van der Waals surface area contributed by atoms with Crippen LogP contribution in [0.5, 0.6) is 0 Å². The van der Waals surface area contributed by atoms with Crippen LogP contribution >= 0.6 is 0 Å². The van der Waals surface area contributed by atoms with E-state index in [1.807, 2.05) is 98.8 Å². The first-order chi connectivity index (χ1) is 19.3. The topological polar surface area (TPSA) is 95.9 Å². The predicted octanol–water partition coefficient (Wildman–Crippen LogP) is 5.83. The molecule has 2 amide bonds. The fourth-order valence-corrected chi connectivity index (χ4v) is 4.62. The Balaban J connectivity index is 1.71. The molecule has 7 heteroatoms. The molecule has 0 fully saturated rings. The van der Waals surface area contributed by atoms with Crippen molar-refractivity contribution < 1.29 is 24.2 Å². The Hall–Kier alpha value is -4.13. The normalized spacial score (nSPS) is 12.4. The minimum atomic E-state index is -1.12. The van der Waals surface area contributed by atoms with Crippen LogP contribution in [0.3, 0.4) is 0 Å². The smallest absolute Gasteiger partial charge is 0.326 e. The van der Waals surface area contributed by atoms with Gasteiger partial charge in [0.25, 0.3) is 0 Å². The molecule has 7 nitrogen and oxygen atoms in total. The van der Waals surface area contributed by atoms with E-state index in [1.165, 1.54) is 0 Å². The number of ether oxygens (including phenoxy) is 1. The van der Waals surface area contributed by atoms with E-state index in [2.05, 4.69) is 5.32 Å². The van der Waals surface area contributed by atoms with E-state index < -0.39 is 24.0 Å². The minimum absolute atomic E-state index is 0.122. The molecule has 3 rings (SSSR count). The number of nitrogens with one attached hydrogen (secondary N) is 1. The lowest BCUT2D eigenvalue weighted by Crippen LogP contribution is -2.51. The van der Waals surface area contributed by atoms with E-state index in [-0.39, 0.29) is 31.5 Å². The maximum atomic E-state index is 13.4. The van der Waals surface area contributed by atoms with Crippen molar-refractivity contribution in [2.24, 2.45) is 11.8 Å². The summed E-state index contributed by atoms with van der Waals surface area (Å²) >= 11 is 0. The monoisotopic (exact) mass is 544 g/mol. The molecule has 0 aliphatic carbocycles. The SMILES string of the molecule is CCOC(=O)[C@@H](CCc1ccccc1)CN(CC(C)C)C(=O)N[C@@H](Cc1ccc(-c2ccccc2)cc1)C(=O)O. The third-order valence-electron chi connectivity index (χ3n) is 6.65. The van der Waals surface area contributed by atoms with Crippen molar-refractivity contribution in [2.75, 3.05) is 19.7 Å². The number of carbonyl (C=O) groups excluding carboxylic acids is 2. The Bertz CT molecular complexity index is 1210. The second-order valence-corrected chi connectivity index (χ2v) is 10.4. The Morgan fingerprint density at radius 3 is 2.00 bits per heavy atom. The van der Waals surface area contributed by atoms with E-state index in [9.17, 15) is 19.5 Å². The molecule has 0 aromatic heterocycles. The number of nitrogens with zero attached hydrogens (tertiary/aromatic N) is 1. The van der Waals surface area contributed by atoms with E-state index in [0.29, 0.717) is 19.4 Å². The first kappa shape index (κ1) is 30.4. The van der Waals surface area contributed by atoms with Crippen LogP contribution in [0.15, 0.2) is 84.9 Å². The van der Waals surface area contributed by atoms with E-state index in [4.69, 9.17) is 4.74 Å². The van der Waals surface area contributed by atoms with Crippen LogP contribution < -0.4 is 5.32 Å². The first-order valence-corrected chi connectivity index (χ1v) is 13.9. The Labute approximate surface area is 237 Å². The average molecular weight is 545 g/mol. The van der Waals surface area contributed by atoms with Crippen molar-refractivity contribution in [1.82, 2.24) is 10.2 Å². The van der Waals surface area contributed by atoms with E-state index >= 15 is 0 Å². The van der Waals surface area contributed by atoms with Gasteiger partial charge in [-0.25, -0.2) is 9.59 Å². The molecule has 0 heterocycles. The number of rotatable bonds is 14. The Morgan fingerprint density at radius 2 is 1.43 bits per heavy atom. The number of hydrogen-bond donors (Lipinski definition) is 2. The zero-order valence-corrected chi connectivity index (χ0v) is 23.6. The van der Waals surface area contributed by atoms with Gasteiger partial charge in [-0.1, -0.05) is 98.8 Å². The summed E-state index contributed by atoms with van der Waals surface area (Å²) in [6.07, 6.45) is 1.32. The molecule has 0 unspecified atom stereocenters. The van der Waals surface area contributed by atoms with E-state index in [1.54, 1.807) is 11.8 Å². The molecule has 0 aliphatic rings. The summed E-state index contributed by atoms with van der Waals surface area (Å²) in [5, 5.41) is 12.6. The van der Waals surface area contributed by atoms with Crippen LogP contribution in [-0.2, 0) is 27.2 Å². The maximum Gasteiger partial charge on any atom is 0.326 e. The molecular formula is C33H40N2O5. The van der Waals surface area contributed by atoms with Gasteiger partial charge < -0.3 is 20.1 Å². The van der Waals surface area contributed by atoms with Gasteiger partial charge in [-0.05, 0) is 47.9 Å². The standard InChI is InChI=1S/C33H40N2O5/c1-4-40-32(38)29(20-15-25-11-7-5-8-12-25)23-35(22-24(2)3)33(39)34-30(31(36)37)21-26-16-18-28(19-17-26)27-13-9-6-10-14-27/h5-14,16-19,24,29-30H,4,15,20-23H2,1-3H3,(H,34,39)(H,36,37)/t29-,30-/m0/s1. The van der Waals surface area contributed by atoms with Crippen LogP contribution in [0.4, 0.5) is 4.79 Å². The highest BCUT2D eigenvalue weighted by Crippen LogP contribution is 2.20. The van der Waals surface area contributed by atoms with Crippen LogP contribution in [0.1, 0.15) is 38.3 Å². The molecule has 0 spiro atoms. The number of carboxylic acids is 1. The fourth-order valence-electron chi connectivity index (χ4n) is 4.62. The van der Waals surface area contributed by atoms with Crippen molar-refractivity contribution in [3.05, 3.63) is 96.1 Å². The Morgan fingerprint density at radius 1 is 0.825 bits per heavy atom. The van der Waals surface area contributed by atoms with Crippen LogP contribution in [0.25, 0.3) is 11.1 Å². The third-order valence-corrected chi connectivity index (χ3v) is 6.65. The summed E-state index contributed by atoms with van der Waals surface area (Å²) in [6.45, 7) is 6.49. The number of urea groups is 1. The zero-order chi connectivity index (χ0) is 28.9. The molecule has 0 saturated carbocycles. The summed E-state index contributed by atoms with van der Waals surface area (Å²) < 4.78 is 5.33. The highest BCUT2D eigenvalue weighted by atomic mass is 16.5. The number of benzene rings is 3. The van der Waals surface area contributed by atoms with Crippen molar-refractivity contribution in [2.45, 2.75) is 46.1 Å². The minimum Gasteiger partial charge on any atom is -0.480 e. The molecule has 2 atom stereocenters. The van der Waals surface area contributed by atoms with Gasteiger partial charge in [-0.2, -0.15) is 0 Å². The highest BCUT2D eigenvalue weighted by Gasteiger charge is 2.29. The summed E-state index contributed by atoms with van der Waals surface area (Å²) in [6, 6.07) is 25.8. The third kappa shape index (κ3) is 9.56. The summed E-state index contributed by atoms with van der Waals surface area (Å²) in [7, 11) is 0. The molecule has 40 heavy (non-hydrogen) atoms. The summed E-state index contributed by atoms with van der Waals surface area (Å²) in [5.41, 5.74) is 4.00. The number of carbonyl (C=O) groups is 3. The van der Waals surface area contributed by atoms with Gasteiger partial charge in [0.1, 0.15) is 6.04 Å². The largest absolute Gasteiger partial charge is 0.480 e. The fraction of sp³-hybridized carbons (Fsp3) is 0.364. The molecule has 0 aliphatic heterocycles. The molecule has 0 bridgehead atoms. The highest BCUT2D eigenvalue weighted by molar-refractivity contribution is 5.83. The van der Waals surface area contributed by atoms with Gasteiger partial charge in [-0.15, -0.1) is 0 Å². The maximum absolute atomic E-state index is 13.4. The number of hydrogen-bond acceptors (Lipinski definition) is 4. The predicted molar refractivity (Wildman–Crippen MR) is 157 cm³/mol. The molecule has 3 aromatic rings. The lowest BCUT2D eigenvalue weighted by atomic mass is 9.98. The van der Waals surface area contributed by atoms with Crippen molar-refractivity contribution in [3.63, 3.8) is 0 Å². The van der Waals surface area contributed by atoms with Gasteiger partial charge >= 0.3 is 18.0 Å². The second-order valence-electron chi connectivity index (χ2n) is 10.4. The molecule has 212 valence electrons. The van der Waals surface area contributed by atoms with Crippen molar-refractivity contribution in [1.29, 1.82) is 0 Å². The van der Waals surface area contributed by atoms with Gasteiger partial charge in [-0.3, -0.25) is 4.79 Å². The molecule has 3 aromatic carbocycles. The quantitative estimate of drug-likeness (QED) is 0.249. The van der Waals surface area contributed by atoms with Crippen molar-refractivity contribution >= 4 is 18.0 Å². The van der Waals surface area contributed by atoms with Crippen molar-refractivity contribution in [3.8, 4) is 11.1 Å². The van der Waals surface area contributed by atoms with Gasteiger partial charge in [0, 0.05) is 19.5 Å². The lowest BCUT2D eigenvalue weighted by molar-refractivity contribution is -0.148. The molecule has 2 N–H and O–H groups in total. The summed E-state index contributed by atoms with van der Waals surface area (Å²) in [4.78, 5) is 39.9. The lowest BCUT2D eigenvalue weighted by Gasteiger charge is -2.29. The number of aryl methyl sites for hydroxylation is 1. The number of aliphatic carboxylic acids is 1. The van der Waals surface area contributed by atoms with Crippen LogP contribution in [0, 0.1) is 11.8 Å². The summed E-state index contributed by atoms with van der Waals surface area (Å²) in [5.74, 6) is -1.88. The average Bonchev–Trinajstić information content (AvgIpc) is 2.95. The zero-order valence-electron chi connectivity index (χ0n) is 23.6. The van der Waals surface area contributed by atoms with Gasteiger partial charge in [0.05, 0.1) is 12.5 Å². The number of amides is 2. The number of esters is 1. The van der Waals surface area contributed by atoms with Gasteiger partial charge in [0.15, 0.2) is 0 Å². The van der Waals surface area contributed by atoms with Crippen LogP contribution in [0.2, 0.25) is 0 Å². The molecule has 0 saturated heterocycles. The van der Waals surface area contributed by atoms with E-state index in [0.717, 1.165) is 22.3 Å². The Kier molecular flexibility index (Phi) is 11.8. The number of carboxylic acid groups (broad SMARTS) is 1. The second kappa shape index (κ2) is 15.5. The van der Waals surface area contributed by atoms with Gasteiger partial charge in [0.2, 0.25) is 0 Å². The molecular weight excluding hydrogens is 504 g/mol. The first-order valence-electron chi connectivity index (χ1n) is 13.9. The molecule has 0 radical (unpaired) electrons. The van der Waals surface area contributed by atoms with Crippen LogP contribution in [-0.4, -0.2) is 53.7 Å².